The van der Waals surface area contributed by atoms with Crippen molar-refractivity contribution < 1.29 is 9.21 Å². The van der Waals surface area contributed by atoms with E-state index < -0.39 is 5.91 Å². The lowest BCUT2D eigenvalue weighted by atomic mass is 10.1. The monoisotopic (exact) mass is 457 g/mol. The van der Waals surface area contributed by atoms with E-state index in [2.05, 4.69) is 18.1 Å². The van der Waals surface area contributed by atoms with Crippen LogP contribution in [0.25, 0.3) is 28.4 Å². The molecule has 0 atom stereocenters. The number of allylic oxidation sites excluding steroid dienone is 3. The van der Waals surface area contributed by atoms with Gasteiger partial charge in [-0.05, 0) is 72.3 Å². The molecule has 170 valence electrons. The lowest BCUT2D eigenvalue weighted by Crippen LogP contribution is -2.14. The van der Waals surface area contributed by atoms with Crippen LogP contribution < -0.4 is 10.6 Å². The summed E-state index contributed by atoms with van der Waals surface area (Å²) >= 11 is 0. The van der Waals surface area contributed by atoms with Gasteiger partial charge in [0.1, 0.15) is 23.0 Å². The smallest absolute Gasteiger partial charge is 0.259 e. The number of hydrogen-bond donors (Lipinski definition) is 1. The number of nitrogens with zero attached hydrogens (tertiary/aromatic N) is 2. The number of furan rings is 1. The molecule has 1 heterocycles. The van der Waals surface area contributed by atoms with E-state index in [1.54, 1.807) is 18.2 Å². The van der Waals surface area contributed by atoms with Crippen LogP contribution in [-0.4, -0.2) is 5.91 Å². The molecule has 3 aromatic carbocycles. The molecular formula is C30H23N3O2. The number of benzene rings is 3. The number of para-hydroxylation sites is 1. The lowest BCUT2D eigenvalue weighted by molar-refractivity contribution is -0.114. The molecule has 0 aliphatic rings. The van der Waals surface area contributed by atoms with Gasteiger partial charge in [-0.25, -0.2) is 0 Å². The van der Waals surface area contributed by atoms with Gasteiger partial charge < -0.3 is 15.1 Å². The van der Waals surface area contributed by atoms with Crippen LogP contribution in [0.5, 0.6) is 0 Å². The highest BCUT2D eigenvalue weighted by atomic mass is 16.3. The second-order valence-electron chi connectivity index (χ2n) is 7.69. The zero-order valence-electron chi connectivity index (χ0n) is 19.0. The van der Waals surface area contributed by atoms with Crippen LogP contribution in [0.15, 0.2) is 126 Å². The Hall–Kier alpha value is -5.08. The molecule has 0 aliphatic carbocycles. The quantitative estimate of drug-likeness (QED) is 0.177. The fourth-order valence-electron chi connectivity index (χ4n) is 3.76. The molecule has 0 aliphatic heterocycles. The molecule has 2 N–H and O–H groups in total. The van der Waals surface area contributed by atoms with Crippen molar-refractivity contribution in [3.05, 3.63) is 127 Å². The van der Waals surface area contributed by atoms with Gasteiger partial charge in [-0.2, -0.15) is 5.26 Å². The number of anilines is 2. The number of nitriles is 1. The second-order valence-corrected chi connectivity index (χ2v) is 7.69. The molecule has 5 heteroatoms. The fourth-order valence-corrected chi connectivity index (χ4v) is 3.76. The van der Waals surface area contributed by atoms with Gasteiger partial charge in [-0.1, -0.05) is 49.6 Å². The Balaban J connectivity index is 1.69. The zero-order chi connectivity index (χ0) is 24.8. The van der Waals surface area contributed by atoms with Gasteiger partial charge in [-0.3, -0.25) is 4.79 Å². The highest BCUT2D eigenvalue weighted by Crippen LogP contribution is 2.34. The van der Waals surface area contributed by atoms with Crippen molar-refractivity contribution in [1.82, 2.24) is 0 Å². The summed E-state index contributed by atoms with van der Waals surface area (Å²) in [6, 6.07) is 27.3. The van der Waals surface area contributed by atoms with Crippen LogP contribution in [0.3, 0.4) is 0 Å². The van der Waals surface area contributed by atoms with Crippen LogP contribution in [0.4, 0.5) is 11.4 Å². The third-order valence-electron chi connectivity index (χ3n) is 5.42. The molecule has 0 bridgehead atoms. The number of rotatable bonds is 8. The van der Waals surface area contributed by atoms with Gasteiger partial charge in [0.05, 0.1) is 0 Å². The normalized spacial score (nSPS) is 11.6. The minimum absolute atomic E-state index is 0.112. The van der Waals surface area contributed by atoms with Gasteiger partial charge in [0.25, 0.3) is 5.91 Å². The van der Waals surface area contributed by atoms with Crippen LogP contribution in [-0.2, 0) is 4.79 Å². The van der Waals surface area contributed by atoms with Crippen molar-refractivity contribution in [2.75, 3.05) is 4.90 Å². The van der Waals surface area contributed by atoms with Crippen LogP contribution in [0, 0.1) is 11.3 Å². The van der Waals surface area contributed by atoms with Crippen LogP contribution in [0.2, 0.25) is 0 Å². The average molecular weight is 458 g/mol. The third-order valence-corrected chi connectivity index (χ3v) is 5.42. The maximum atomic E-state index is 11.3. The van der Waals surface area contributed by atoms with Crippen molar-refractivity contribution in [1.29, 1.82) is 5.26 Å². The van der Waals surface area contributed by atoms with E-state index in [0.717, 1.165) is 28.0 Å². The molecule has 0 unspecified atom stereocenters. The first-order valence-electron chi connectivity index (χ1n) is 10.9. The molecule has 5 nitrogen and oxygen atoms in total. The first-order chi connectivity index (χ1) is 17.0. The minimum Gasteiger partial charge on any atom is -0.456 e. The Morgan fingerprint density at radius 3 is 2.31 bits per heavy atom. The first kappa shape index (κ1) is 23.1. The van der Waals surface area contributed by atoms with E-state index in [9.17, 15) is 4.79 Å². The number of amides is 1. The first-order valence-corrected chi connectivity index (χ1v) is 10.9. The predicted molar refractivity (Wildman–Crippen MR) is 141 cm³/mol. The number of carbonyl (C=O) groups excluding carboxylic acids is 1. The Bertz CT molecular complexity index is 1500. The Kier molecular flexibility index (Phi) is 6.76. The van der Waals surface area contributed by atoms with Crippen molar-refractivity contribution in [3.63, 3.8) is 0 Å². The summed E-state index contributed by atoms with van der Waals surface area (Å²) < 4.78 is 6.08. The van der Waals surface area contributed by atoms with Crippen LogP contribution >= 0.6 is 0 Å². The summed E-state index contributed by atoms with van der Waals surface area (Å²) in [4.78, 5) is 13.4. The average Bonchev–Trinajstić information content (AvgIpc) is 3.31. The van der Waals surface area contributed by atoms with E-state index in [4.69, 9.17) is 15.4 Å². The topological polar surface area (TPSA) is 83.3 Å². The van der Waals surface area contributed by atoms with Gasteiger partial charge in [0, 0.05) is 28.0 Å². The summed E-state index contributed by atoms with van der Waals surface area (Å²) in [6.07, 6.45) is 6.89. The Morgan fingerprint density at radius 1 is 0.971 bits per heavy atom. The Labute approximate surface area is 204 Å². The third kappa shape index (κ3) is 4.97. The summed E-state index contributed by atoms with van der Waals surface area (Å²) in [5.41, 5.74) is 10.2. The molecule has 1 amide bonds. The standard InChI is InChI=1S/C30H23N3O2/c1-3-8-25(4-2)33(26-9-6-5-7-10-26)27-15-13-22(14-16-27)29-19-23-12-11-21(18-28(23)35-29)17-24(20-31)30(32)34/h3-19H,1-2H2,(H2,32,34)/b24-17+,25-8+. The van der Waals surface area contributed by atoms with Gasteiger partial charge in [0.15, 0.2) is 0 Å². The number of hydrogen-bond acceptors (Lipinski definition) is 4. The van der Waals surface area contributed by atoms with Crippen molar-refractivity contribution >= 4 is 34.3 Å². The van der Waals surface area contributed by atoms with E-state index in [1.165, 1.54) is 6.08 Å². The van der Waals surface area contributed by atoms with Crippen molar-refractivity contribution in [2.24, 2.45) is 5.73 Å². The van der Waals surface area contributed by atoms with Gasteiger partial charge in [0.2, 0.25) is 0 Å². The maximum absolute atomic E-state index is 11.3. The summed E-state index contributed by atoms with van der Waals surface area (Å²) in [6.45, 7) is 7.78. The van der Waals surface area contributed by atoms with E-state index in [-0.39, 0.29) is 5.57 Å². The highest BCUT2D eigenvalue weighted by molar-refractivity contribution is 6.01. The van der Waals surface area contributed by atoms with E-state index in [1.807, 2.05) is 84.9 Å². The largest absolute Gasteiger partial charge is 0.456 e. The van der Waals surface area contributed by atoms with Gasteiger partial charge in [-0.15, -0.1) is 0 Å². The molecule has 0 saturated carbocycles. The minimum atomic E-state index is -0.764. The molecule has 0 spiro atoms. The SMILES string of the molecule is C=C/C=C(\C=C)N(c1ccccc1)c1ccc(-c2cc3ccc(/C=C(\C#N)C(N)=O)cc3o2)cc1. The zero-order valence-corrected chi connectivity index (χ0v) is 19.0. The molecule has 0 saturated heterocycles. The summed E-state index contributed by atoms with van der Waals surface area (Å²) in [5.74, 6) is -0.0557. The molecular weight excluding hydrogens is 434 g/mol. The number of carbonyl (C=O) groups is 1. The lowest BCUT2D eigenvalue weighted by Gasteiger charge is -2.26. The number of fused-ring (bicyclic) bond motifs is 1. The van der Waals surface area contributed by atoms with Crippen molar-refractivity contribution in [2.45, 2.75) is 0 Å². The summed E-state index contributed by atoms with van der Waals surface area (Å²) in [7, 11) is 0. The van der Waals surface area contributed by atoms with Crippen molar-refractivity contribution in [3.8, 4) is 17.4 Å². The van der Waals surface area contributed by atoms with E-state index >= 15 is 0 Å². The predicted octanol–water partition coefficient (Wildman–Crippen LogP) is 6.89. The Morgan fingerprint density at radius 2 is 1.69 bits per heavy atom. The number of nitrogens with two attached hydrogens (primary N) is 1. The fraction of sp³-hybridized carbons (Fsp3) is 0. The maximum Gasteiger partial charge on any atom is 0.259 e. The molecule has 35 heavy (non-hydrogen) atoms. The molecule has 0 fully saturated rings. The highest BCUT2D eigenvalue weighted by Gasteiger charge is 2.14. The second kappa shape index (κ2) is 10.2. The summed E-state index contributed by atoms with van der Waals surface area (Å²) in [5, 5.41) is 9.99. The molecule has 0 radical (unpaired) electrons. The molecule has 4 rings (SSSR count). The molecule has 1 aromatic heterocycles. The van der Waals surface area contributed by atoms with E-state index in [0.29, 0.717) is 16.9 Å². The van der Waals surface area contributed by atoms with Gasteiger partial charge >= 0.3 is 0 Å². The van der Waals surface area contributed by atoms with Crippen LogP contribution in [0.1, 0.15) is 5.56 Å². The number of primary amides is 1. The molecule has 4 aromatic rings.